The molecule has 0 aliphatic carbocycles. The molecule has 5 nitrogen and oxygen atoms in total. The smallest absolute Gasteiger partial charge is 0.308 e. The Hall–Kier alpha value is -2.82. The van der Waals surface area contributed by atoms with Gasteiger partial charge in [0.25, 0.3) is 0 Å². The number of ether oxygens (including phenoxy) is 1. The molecular weight excluding hydrogens is 318 g/mol. The molecule has 0 saturated carbocycles. The Morgan fingerprint density at radius 3 is 2.40 bits per heavy atom. The van der Waals surface area contributed by atoms with E-state index in [-0.39, 0.29) is 25.5 Å². The third-order valence-electron chi connectivity index (χ3n) is 3.94. The minimum absolute atomic E-state index is 0.134. The first-order valence-corrected chi connectivity index (χ1v) is 8.23. The molecule has 0 aliphatic rings. The molecule has 1 N–H and O–H groups in total. The molecule has 0 aliphatic heterocycles. The fourth-order valence-electron chi connectivity index (χ4n) is 2.48. The molecule has 1 unspecified atom stereocenters. The second-order valence-electron chi connectivity index (χ2n) is 5.97. The van der Waals surface area contributed by atoms with Crippen LogP contribution in [0.5, 0.6) is 5.75 Å². The topological polar surface area (TPSA) is 66.8 Å². The van der Waals surface area contributed by atoms with Gasteiger partial charge in [0.05, 0.1) is 18.9 Å². The van der Waals surface area contributed by atoms with Crippen LogP contribution < -0.4 is 4.74 Å². The molecule has 5 heteroatoms. The Kier molecular flexibility index (Phi) is 6.57. The molecule has 2 rings (SSSR count). The second kappa shape index (κ2) is 8.87. The molecule has 2 aromatic rings. The minimum atomic E-state index is -0.910. The van der Waals surface area contributed by atoms with E-state index in [4.69, 9.17) is 9.84 Å². The quantitative estimate of drug-likeness (QED) is 0.800. The highest BCUT2D eigenvalue weighted by Gasteiger charge is 2.17. The Morgan fingerprint density at radius 1 is 1.08 bits per heavy atom. The standard InChI is InChI=1S/C20H23NO4/c1-15(20(23)24)14-21(2)19(22)12-13-25-18-11-7-6-10-17(18)16-8-4-3-5-9-16/h3-11,15H,12-14H2,1-2H3,(H,23,24). The number of benzene rings is 2. The van der Waals surface area contributed by atoms with E-state index < -0.39 is 11.9 Å². The van der Waals surface area contributed by atoms with Crippen molar-refractivity contribution in [3.8, 4) is 16.9 Å². The highest BCUT2D eigenvalue weighted by atomic mass is 16.5. The summed E-state index contributed by atoms with van der Waals surface area (Å²) in [4.78, 5) is 24.4. The van der Waals surface area contributed by atoms with Crippen molar-refractivity contribution < 1.29 is 19.4 Å². The van der Waals surface area contributed by atoms with Gasteiger partial charge in [-0.1, -0.05) is 55.5 Å². The summed E-state index contributed by atoms with van der Waals surface area (Å²) < 4.78 is 5.80. The highest BCUT2D eigenvalue weighted by Crippen LogP contribution is 2.29. The molecule has 0 fully saturated rings. The number of rotatable bonds is 8. The van der Waals surface area contributed by atoms with Crippen molar-refractivity contribution in [2.75, 3.05) is 20.2 Å². The maximum absolute atomic E-state index is 12.1. The predicted molar refractivity (Wildman–Crippen MR) is 96.4 cm³/mol. The number of carbonyl (C=O) groups excluding carboxylic acids is 1. The number of aliphatic carboxylic acids is 1. The summed E-state index contributed by atoms with van der Waals surface area (Å²) in [5.74, 6) is -0.908. The lowest BCUT2D eigenvalue weighted by Crippen LogP contribution is -2.34. The first-order valence-electron chi connectivity index (χ1n) is 8.23. The zero-order chi connectivity index (χ0) is 18.2. The SMILES string of the molecule is CC(CN(C)C(=O)CCOc1ccccc1-c1ccccc1)C(=O)O. The summed E-state index contributed by atoms with van der Waals surface area (Å²) in [6, 6.07) is 17.6. The van der Waals surface area contributed by atoms with Crippen molar-refractivity contribution in [2.45, 2.75) is 13.3 Å². The van der Waals surface area contributed by atoms with Crippen LogP contribution in [0.15, 0.2) is 54.6 Å². The summed E-state index contributed by atoms with van der Waals surface area (Å²) in [5, 5.41) is 8.91. The fraction of sp³-hybridized carbons (Fsp3) is 0.300. The van der Waals surface area contributed by atoms with Gasteiger partial charge in [-0.05, 0) is 11.6 Å². The van der Waals surface area contributed by atoms with Crippen LogP contribution >= 0.6 is 0 Å². The number of carboxylic acids is 1. The Labute approximate surface area is 147 Å². The van der Waals surface area contributed by atoms with Crippen LogP contribution in [-0.4, -0.2) is 42.1 Å². The zero-order valence-corrected chi connectivity index (χ0v) is 14.5. The van der Waals surface area contributed by atoms with Gasteiger partial charge < -0.3 is 14.7 Å². The lowest BCUT2D eigenvalue weighted by molar-refractivity contribution is -0.142. The van der Waals surface area contributed by atoms with Crippen LogP contribution in [-0.2, 0) is 9.59 Å². The van der Waals surface area contributed by atoms with Gasteiger partial charge in [0.2, 0.25) is 5.91 Å². The maximum Gasteiger partial charge on any atom is 0.308 e. The zero-order valence-electron chi connectivity index (χ0n) is 14.5. The number of nitrogens with zero attached hydrogens (tertiary/aromatic N) is 1. The van der Waals surface area contributed by atoms with E-state index in [2.05, 4.69) is 0 Å². The number of para-hydroxylation sites is 1. The Balaban J connectivity index is 1.92. The van der Waals surface area contributed by atoms with Crippen LogP contribution in [0.2, 0.25) is 0 Å². The van der Waals surface area contributed by atoms with Crippen molar-refractivity contribution in [3.05, 3.63) is 54.6 Å². The monoisotopic (exact) mass is 341 g/mol. The lowest BCUT2D eigenvalue weighted by atomic mass is 10.1. The average Bonchev–Trinajstić information content (AvgIpc) is 2.62. The maximum atomic E-state index is 12.1. The number of carbonyl (C=O) groups is 2. The van der Waals surface area contributed by atoms with Crippen LogP contribution in [0.1, 0.15) is 13.3 Å². The van der Waals surface area contributed by atoms with Crippen LogP contribution in [0.3, 0.4) is 0 Å². The molecule has 0 saturated heterocycles. The molecule has 2 aromatic carbocycles. The third-order valence-corrected chi connectivity index (χ3v) is 3.94. The summed E-state index contributed by atoms with van der Waals surface area (Å²) in [6.07, 6.45) is 0.200. The summed E-state index contributed by atoms with van der Waals surface area (Å²) >= 11 is 0. The second-order valence-corrected chi connectivity index (χ2v) is 5.97. The van der Waals surface area contributed by atoms with Crippen molar-refractivity contribution in [3.63, 3.8) is 0 Å². The molecule has 0 spiro atoms. The molecule has 1 atom stereocenters. The van der Waals surface area contributed by atoms with Crippen molar-refractivity contribution in [1.82, 2.24) is 4.90 Å². The average molecular weight is 341 g/mol. The van der Waals surface area contributed by atoms with Crippen molar-refractivity contribution >= 4 is 11.9 Å². The molecular formula is C20H23NO4. The number of carboxylic acid groups (broad SMARTS) is 1. The van der Waals surface area contributed by atoms with Gasteiger partial charge in [-0.15, -0.1) is 0 Å². The lowest BCUT2D eigenvalue weighted by Gasteiger charge is -2.19. The highest BCUT2D eigenvalue weighted by molar-refractivity contribution is 5.77. The van der Waals surface area contributed by atoms with Crippen LogP contribution in [0, 0.1) is 5.92 Å². The third kappa shape index (κ3) is 5.35. The van der Waals surface area contributed by atoms with Crippen molar-refractivity contribution in [2.24, 2.45) is 5.92 Å². The van der Waals surface area contributed by atoms with Gasteiger partial charge in [0, 0.05) is 19.2 Å². The first-order chi connectivity index (χ1) is 12.0. The van der Waals surface area contributed by atoms with Crippen molar-refractivity contribution in [1.29, 1.82) is 0 Å². The van der Waals surface area contributed by atoms with Crippen LogP contribution in [0.25, 0.3) is 11.1 Å². The molecule has 0 bridgehead atoms. The minimum Gasteiger partial charge on any atom is -0.492 e. The molecule has 0 heterocycles. The van der Waals surface area contributed by atoms with E-state index in [1.165, 1.54) is 4.90 Å². The summed E-state index contributed by atoms with van der Waals surface area (Å²) in [6.45, 7) is 2.02. The van der Waals surface area contributed by atoms with E-state index in [0.29, 0.717) is 0 Å². The van der Waals surface area contributed by atoms with E-state index in [9.17, 15) is 9.59 Å². The van der Waals surface area contributed by atoms with Gasteiger partial charge in [0.1, 0.15) is 5.75 Å². The van der Waals surface area contributed by atoms with Crippen LogP contribution in [0.4, 0.5) is 0 Å². The normalized spacial score (nSPS) is 11.6. The number of hydrogen-bond acceptors (Lipinski definition) is 3. The largest absolute Gasteiger partial charge is 0.492 e. The fourth-order valence-corrected chi connectivity index (χ4v) is 2.48. The van der Waals surface area contributed by atoms with Gasteiger partial charge in [0.15, 0.2) is 0 Å². The molecule has 0 aromatic heterocycles. The summed E-state index contributed by atoms with van der Waals surface area (Å²) in [5.41, 5.74) is 2.03. The Morgan fingerprint density at radius 2 is 1.72 bits per heavy atom. The number of amides is 1. The van der Waals surface area contributed by atoms with Gasteiger partial charge >= 0.3 is 5.97 Å². The van der Waals surface area contributed by atoms with Gasteiger partial charge in [-0.25, -0.2) is 0 Å². The van der Waals surface area contributed by atoms with Gasteiger partial charge in [-0.3, -0.25) is 9.59 Å². The van der Waals surface area contributed by atoms with E-state index in [0.717, 1.165) is 16.9 Å². The molecule has 132 valence electrons. The number of hydrogen-bond donors (Lipinski definition) is 1. The summed E-state index contributed by atoms with van der Waals surface area (Å²) in [7, 11) is 1.61. The van der Waals surface area contributed by atoms with E-state index >= 15 is 0 Å². The van der Waals surface area contributed by atoms with Gasteiger partial charge in [-0.2, -0.15) is 0 Å². The Bertz CT molecular complexity index is 715. The predicted octanol–water partition coefficient (Wildman–Crippen LogP) is 3.30. The van der Waals surface area contributed by atoms with E-state index in [1.54, 1.807) is 14.0 Å². The van der Waals surface area contributed by atoms with E-state index in [1.807, 2.05) is 54.6 Å². The first kappa shape index (κ1) is 18.5. The molecule has 0 radical (unpaired) electrons. The molecule has 1 amide bonds. The molecule has 25 heavy (non-hydrogen) atoms.